The molecule has 0 amide bonds. The molecular formula is C12H10N4O. The highest BCUT2D eigenvalue weighted by Gasteiger charge is 2.12. The van der Waals surface area contributed by atoms with Crippen LogP contribution in [0.5, 0.6) is 11.6 Å². The Hall–Kier alpha value is -2.48. The maximum Gasteiger partial charge on any atom is 0.257 e. The first-order valence-corrected chi connectivity index (χ1v) is 5.04. The van der Waals surface area contributed by atoms with E-state index in [1.54, 1.807) is 31.5 Å². The van der Waals surface area contributed by atoms with Gasteiger partial charge in [-0.2, -0.15) is 10.4 Å². The minimum absolute atomic E-state index is 0.212. The number of ether oxygens (including phenoxy) is 1. The number of nitrogens with zero attached hydrogens (tertiary/aromatic N) is 4. The molecule has 0 radical (unpaired) electrons. The van der Waals surface area contributed by atoms with Crippen molar-refractivity contribution < 1.29 is 4.74 Å². The normalized spacial score (nSPS) is 9.71. The Morgan fingerprint density at radius 1 is 1.29 bits per heavy atom. The second-order valence-electron chi connectivity index (χ2n) is 3.49. The van der Waals surface area contributed by atoms with Crippen molar-refractivity contribution in [1.82, 2.24) is 15.2 Å². The Kier molecular flexibility index (Phi) is 2.97. The van der Waals surface area contributed by atoms with Gasteiger partial charge < -0.3 is 4.74 Å². The van der Waals surface area contributed by atoms with Crippen LogP contribution in [0.3, 0.4) is 0 Å². The van der Waals surface area contributed by atoms with Gasteiger partial charge in [-0.05, 0) is 31.5 Å². The maximum atomic E-state index is 9.09. The van der Waals surface area contributed by atoms with Crippen LogP contribution >= 0.6 is 0 Å². The Morgan fingerprint density at radius 3 is 2.76 bits per heavy atom. The average Bonchev–Trinajstić information content (AvgIpc) is 2.36. The minimum Gasteiger partial charge on any atom is -0.435 e. The Labute approximate surface area is 98.7 Å². The maximum absolute atomic E-state index is 9.09. The van der Waals surface area contributed by atoms with Gasteiger partial charge in [-0.15, -0.1) is 5.10 Å². The average molecular weight is 226 g/mol. The molecule has 84 valence electrons. The number of aromatic nitrogens is 3. The molecule has 0 aliphatic heterocycles. The summed E-state index contributed by atoms with van der Waals surface area (Å²) in [7, 11) is 0. The third-order valence-corrected chi connectivity index (χ3v) is 2.38. The summed E-state index contributed by atoms with van der Waals surface area (Å²) in [6.07, 6.45) is 3.20. The van der Waals surface area contributed by atoms with Crippen molar-refractivity contribution in [3.05, 3.63) is 41.3 Å². The van der Waals surface area contributed by atoms with Gasteiger partial charge in [0, 0.05) is 6.20 Å². The lowest BCUT2D eigenvalue weighted by Crippen LogP contribution is -2.00. The largest absolute Gasteiger partial charge is 0.435 e. The van der Waals surface area contributed by atoms with Crippen LogP contribution in [-0.4, -0.2) is 15.2 Å². The zero-order chi connectivity index (χ0) is 12.3. The van der Waals surface area contributed by atoms with E-state index in [-0.39, 0.29) is 5.88 Å². The molecular weight excluding hydrogens is 216 g/mol. The van der Waals surface area contributed by atoms with Crippen LogP contribution < -0.4 is 4.74 Å². The van der Waals surface area contributed by atoms with Gasteiger partial charge >= 0.3 is 0 Å². The van der Waals surface area contributed by atoms with Gasteiger partial charge in [-0.3, -0.25) is 4.98 Å². The quantitative estimate of drug-likeness (QED) is 0.784. The van der Waals surface area contributed by atoms with Crippen molar-refractivity contribution >= 4 is 0 Å². The van der Waals surface area contributed by atoms with Crippen LogP contribution in [0.2, 0.25) is 0 Å². The molecule has 5 nitrogen and oxygen atoms in total. The number of pyridine rings is 1. The van der Waals surface area contributed by atoms with Crippen molar-refractivity contribution in [2.45, 2.75) is 13.8 Å². The molecule has 17 heavy (non-hydrogen) atoms. The lowest BCUT2D eigenvalue weighted by atomic mass is 10.1. The molecule has 0 unspecified atom stereocenters. The highest BCUT2D eigenvalue weighted by Crippen LogP contribution is 2.24. The third kappa shape index (κ3) is 2.21. The Morgan fingerprint density at radius 2 is 2.12 bits per heavy atom. The summed E-state index contributed by atoms with van der Waals surface area (Å²) in [5, 5.41) is 16.9. The van der Waals surface area contributed by atoms with Gasteiger partial charge in [0.1, 0.15) is 17.4 Å². The molecule has 0 aliphatic carbocycles. The van der Waals surface area contributed by atoms with E-state index in [2.05, 4.69) is 21.3 Å². The fourth-order valence-electron chi connectivity index (χ4n) is 1.31. The summed E-state index contributed by atoms with van der Waals surface area (Å²) < 4.78 is 5.48. The van der Waals surface area contributed by atoms with E-state index < -0.39 is 0 Å². The van der Waals surface area contributed by atoms with Crippen LogP contribution in [0.1, 0.15) is 16.8 Å². The summed E-state index contributed by atoms with van der Waals surface area (Å²) in [6, 6.07) is 5.56. The number of hydrogen-bond donors (Lipinski definition) is 0. The number of hydrogen-bond acceptors (Lipinski definition) is 5. The second-order valence-corrected chi connectivity index (χ2v) is 3.49. The molecule has 0 saturated carbocycles. The molecule has 0 spiro atoms. The second kappa shape index (κ2) is 4.58. The fraction of sp³-hybridized carbons (Fsp3) is 0.167. The zero-order valence-electron chi connectivity index (χ0n) is 9.51. The van der Waals surface area contributed by atoms with Gasteiger partial charge in [-0.1, -0.05) is 0 Å². The zero-order valence-corrected chi connectivity index (χ0v) is 9.51. The highest BCUT2D eigenvalue weighted by molar-refractivity contribution is 5.46. The molecule has 5 heteroatoms. The van der Waals surface area contributed by atoms with Gasteiger partial charge in [-0.25, -0.2) is 0 Å². The molecule has 0 bridgehead atoms. The highest BCUT2D eigenvalue weighted by atomic mass is 16.5. The monoisotopic (exact) mass is 226 g/mol. The van der Waals surface area contributed by atoms with Crippen LogP contribution in [0.25, 0.3) is 0 Å². The van der Waals surface area contributed by atoms with E-state index in [1.165, 1.54) is 0 Å². The van der Waals surface area contributed by atoms with Gasteiger partial charge in [0.15, 0.2) is 0 Å². The van der Waals surface area contributed by atoms with Crippen molar-refractivity contribution in [2.24, 2.45) is 0 Å². The van der Waals surface area contributed by atoms with E-state index >= 15 is 0 Å². The van der Waals surface area contributed by atoms with Gasteiger partial charge in [0.25, 0.3) is 5.88 Å². The first-order valence-electron chi connectivity index (χ1n) is 5.04. The van der Waals surface area contributed by atoms with Crippen molar-refractivity contribution in [3.63, 3.8) is 0 Å². The third-order valence-electron chi connectivity index (χ3n) is 2.38. The molecule has 0 fully saturated rings. The lowest BCUT2D eigenvalue weighted by Gasteiger charge is -2.07. The predicted molar refractivity (Wildman–Crippen MR) is 60.5 cm³/mol. The summed E-state index contributed by atoms with van der Waals surface area (Å²) in [5.41, 5.74) is 1.91. The summed E-state index contributed by atoms with van der Waals surface area (Å²) in [4.78, 5) is 3.92. The van der Waals surface area contributed by atoms with E-state index in [0.717, 1.165) is 11.3 Å². The summed E-state index contributed by atoms with van der Waals surface area (Å²) >= 11 is 0. The Bertz CT molecular complexity index is 575. The van der Waals surface area contributed by atoms with Crippen LogP contribution in [0, 0.1) is 25.2 Å². The van der Waals surface area contributed by atoms with E-state index in [9.17, 15) is 0 Å². The van der Waals surface area contributed by atoms with Crippen LogP contribution in [0.4, 0.5) is 0 Å². The molecule has 0 aliphatic rings. The molecule has 2 heterocycles. The molecule has 2 rings (SSSR count). The predicted octanol–water partition coefficient (Wildman–Crippen LogP) is 2.15. The standard InChI is InChI=1S/C12H10N4O/c1-8-9(2)15-16-12(11(8)6-13)17-10-4-3-5-14-7-10/h3-5,7H,1-2H3. The Balaban J connectivity index is 2.41. The molecule has 0 saturated heterocycles. The number of nitriles is 1. The van der Waals surface area contributed by atoms with Gasteiger partial charge in [0.2, 0.25) is 0 Å². The first-order chi connectivity index (χ1) is 8.22. The van der Waals surface area contributed by atoms with E-state index in [0.29, 0.717) is 11.3 Å². The minimum atomic E-state index is 0.212. The summed E-state index contributed by atoms with van der Waals surface area (Å²) in [6.45, 7) is 3.62. The molecule has 0 N–H and O–H groups in total. The van der Waals surface area contributed by atoms with Gasteiger partial charge in [0.05, 0.1) is 11.9 Å². The van der Waals surface area contributed by atoms with E-state index in [4.69, 9.17) is 10.00 Å². The van der Waals surface area contributed by atoms with Crippen molar-refractivity contribution in [3.8, 4) is 17.7 Å². The first kappa shape index (κ1) is 11.0. The molecule has 2 aromatic heterocycles. The SMILES string of the molecule is Cc1nnc(Oc2cccnc2)c(C#N)c1C. The topological polar surface area (TPSA) is 71.7 Å². The molecule has 0 aromatic carbocycles. The number of aryl methyl sites for hydroxylation is 1. The summed E-state index contributed by atoms with van der Waals surface area (Å²) in [5.74, 6) is 0.741. The van der Waals surface area contributed by atoms with Crippen LogP contribution in [-0.2, 0) is 0 Å². The lowest BCUT2D eigenvalue weighted by molar-refractivity contribution is 0.450. The fourth-order valence-corrected chi connectivity index (χ4v) is 1.31. The van der Waals surface area contributed by atoms with Crippen LogP contribution in [0.15, 0.2) is 24.5 Å². The van der Waals surface area contributed by atoms with E-state index in [1.807, 2.05) is 6.92 Å². The van der Waals surface area contributed by atoms with Crippen molar-refractivity contribution in [2.75, 3.05) is 0 Å². The van der Waals surface area contributed by atoms with Crippen molar-refractivity contribution in [1.29, 1.82) is 5.26 Å². The molecule has 2 aromatic rings. The number of rotatable bonds is 2. The molecule has 0 atom stereocenters. The smallest absolute Gasteiger partial charge is 0.257 e.